The molecule has 0 aliphatic heterocycles. The summed E-state index contributed by atoms with van der Waals surface area (Å²) in [7, 11) is 1.88. The lowest BCUT2D eigenvalue weighted by Crippen LogP contribution is -1.93. The van der Waals surface area contributed by atoms with Gasteiger partial charge in [0.05, 0.1) is 9.48 Å². The largest absolute Gasteiger partial charge is 0.365 e. The number of anilines is 1. The van der Waals surface area contributed by atoms with Crippen molar-refractivity contribution in [1.82, 2.24) is 4.98 Å². The number of aryl methyl sites for hydroxylation is 2. The lowest BCUT2D eigenvalue weighted by Gasteiger charge is -2.00. The lowest BCUT2D eigenvalue weighted by atomic mass is 10.1. The fraction of sp³-hybridized carbons (Fsp3) is 0.250. The molecule has 1 heterocycles. The number of hydrogen-bond donors (Lipinski definition) is 1. The van der Waals surface area contributed by atoms with Gasteiger partial charge in [-0.25, -0.2) is 4.98 Å². The summed E-state index contributed by atoms with van der Waals surface area (Å²) in [6, 6.07) is 7.96. The van der Waals surface area contributed by atoms with Crippen LogP contribution in [-0.4, -0.2) is 12.0 Å². The molecule has 17 heavy (non-hydrogen) atoms. The van der Waals surface area contributed by atoms with Crippen LogP contribution in [0.15, 0.2) is 28.1 Å². The van der Waals surface area contributed by atoms with Crippen molar-refractivity contribution in [2.24, 2.45) is 0 Å². The molecule has 1 N–H and O–H groups in total. The molecule has 0 unspecified atom stereocenters. The maximum atomic E-state index is 5.85. The summed E-state index contributed by atoms with van der Waals surface area (Å²) in [6.07, 6.45) is 1.91. The average molecular weight is 332 g/mol. The van der Waals surface area contributed by atoms with Gasteiger partial charge in [-0.15, -0.1) is 0 Å². The van der Waals surface area contributed by atoms with Gasteiger partial charge in [-0.3, -0.25) is 0 Å². The van der Waals surface area contributed by atoms with Gasteiger partial charge >= 0.3 is 0 Å². The molecular formula is C12H12BrClN2S. The second-order valence-electron chi connectivity index (χ2n) is 3.62. The molecule has 0 aliphatic carbocycles. The zero-order chi connectivity index (χ0) is 12.3. The molecule has 2 rings (SSSR count). The van der Waals surface area contributed by atoms with Gasteiger partial charge in [-0.1, -0.05) is 35.1 Å². The molecule has 5 heteroatoms. The average Bonchev–Trinajstić information content (AvgIpc) is 2.69. The summed E-state index contributed by atoms with van der Waals surface area (Å²) in [4.78, 5) is 4.50. The Morgan fingerprint density at radius 1 is 1.29 bits per heavy atom. The van der Waals surface area contributed by atoms with E-state index < -0.39 is 0 Å². The maximum absolute atomic E-state index is 5.85. The minimum Gasteiger partial charge on any atom is -0.365 e. The topological polar surface area (TPSA) is 24.9 Å². The van der Waals surface area contributed by atoms with Crippen molar-refractivity contribution in [3.63, 3.8) is 0 Å². The van der Waals surface area contributed by atoms with Crippen molar-refractivity contribution in [3.8, 4) is 0 Å². The van der Waals surface area contributed by atoms with Crippen molar-refractivity contribution in [2.45, 2.75) is 12.8 Å². The van der Waals surface area contributed by atoms with E-state index in [0.717, 1.165) is 32.5 Å². The molecule has 0 radical (unpaired) electrons. The lowest BCUT2D eigenvalue weighted by molar-refractivity contribution is 0.921. The normalized spacial score (nSPS) is 10.5. The molecule has 1 aromatic heterocycles. The van der Waals surface area contributed by atoms with Gasteiger partial charge in [0.2, 0.25) is 0 Å². The van der Waals surface area contributed by atoms with Crippen molar-refractivity contribution in [1.29, 1.82) is 0 Å². The molecule has 0 saturated carbocycles. The summed E-state index contributed by atoms with van der Waals surface area (Å²) >= 11 is 11.0. The van der Waals surface area contributed by atoms with E-state index in [1.54, 1.807) is 11.3 Å². The van der Waals surface area contributed by atoms with Crippen LogP contribution < -0.4 is 5.32 Å². The minimum absolute atomic E-state index is 0.779. The zero-order valence-corrected chi connectivity index (χ0v) is 12.5. The van der Waals surface area contributed by atoms with Crippen LogP contribution in [0.2, 0.25) is 5.02 Å². The number of hydrogen-bond acceptors (Lipinski definition) is 3. The highest BCUT2D eigenvalue weighted by molar-refractivity contribution is 9.11. The Balaban J connectivity index is 2.01. The first-order chi connectivity index (χ1) is 8.19. The Bertz CT molecular complexity index is 496. The van der Waals surface area contributed by atoms with Crippen molar-refractivity contribution >= 4 is 44.0 Å². The number of nitrogens with one attached hydrogen (secondary N) is 1. The van der Waals surface area contributed by atoms with Gasteiger partial charge < -0.3 is 5.32 Å². The zero-order valence-electron chi connectivity index (χ0n) is 9.34. The third kappa shape index (κ3) is 3.44. The van der Waals surface area contributed by atoms with Crippen LogP contribution in [-0.2, 0) is 12.8 Å². The standard InChI is InChI=1S/C12H12BrClN2S/c1-15-12-16-10(11(13)17-12)7-4-8-2-5-9(14)6-3-8/h2-3,5-6H,4,7H2,1H3,(H,15,16). The van der Waals surface area contributed by atoms with E-state index in [4.69, 9.17) is 11.6 Å². The van der Waals surface area contributed by atoms with Gasteiger partial charge in [0.25, 0.3) is 0 Å². The van der Waals surface area contributed by atoms with Crippen LogP contribution in [0.3, 0.4) is 0 Å². The number of benzene rings is 1. The Labute approximate surface area is 118 Å². The number of nitrogens with zero attached hydrogens (tertiary/aromatic N) is 1. The summed E-state index contributed by atoms with van der Waals surface area (Å²) in [5, 5.41) is 4.78. The van der Waals surface area contributed by atoms with Gasteiger partial charge in [0.1, 0.15) is 0 Å². The van der Waals surface area contributed by atoms with E-state index in [1.807, 2.05) is 19.2 Å². The fourth-order valence-electron chi connectivity index (χ4n) is 1.51. The molecule has 0 spiro atoms. The van der Waals surface area contributed by atoms with E-state index in [9.17, 15) is 0 Å². The second-order valence-corrected chi connectivity index (χ2v) is 6.37. The molecule has 0 aliphatic rings. The van der Waals surface area contributed by atoms with E-state index >= 15 is 0 Å². The van der Waals surface area contributed by atoms with E-state index in [2.05, 4.69) is 38.4 Å². The SMILES string of the molecule is CNc1nc(CCc2ccc(Cl)cc2)c(Br)s1. The van der Waals surface area contributed by atoms with Crippen LogP contribution in [0.1, 0.15) is 11.3 Å². The van der Waals surface area contributed by atoms with Crippen molar-refractivity contribution in [3.05, 3.63) is 44.3 Å². The highest BCUT2D eigenvalue weighted by Crippen LogP contribution is 2.29. The molecular weight excluding hydrogens is 320 g/mol. The molecule has 0 saturated heterocycles. The fourth-order valence-corrected chi connectivity index (χ4v) is 3.07. The van der Waals surface area contributed by atoms with Gasteiger partial charge in [-0.05, 0) is 46.5 Å². The first kappa shape index (κ1) is 12.9. The Morgan fingerprint density at radius 3 is 2.59 bits per heavy atom. The monoisotopic (exact) mass is 330 g/mol. The smallest absolute Gasteiger partial charge is 0.183 e. The third-order valence-electron chi connectivity index (χ3n) is 2.43. The Morgan fingerprint density at radius 2 is 2.00 bits per heavy atom. The Hall–Kier alpha value is -0.580. The highest BCUT2D eigenvalue weighted by atomic mass is 79.9. The molecule has 0 fully saturated rings. The number of aromatic nitrogens is 1. The summed E-state index contributed by atoms with van der Waals surface area (Å²) in [5.41, 5.74) is 2.38. The van der Waals surface area contributed by atoms with Crippen LogP contribution in [0, 0.1) is 0 Å². The van der Waals surface area contributed by atoms with Gasteiger partial charge in [0, 0.05) is 12.1 Å². The highest BCUT2D eigenvalue weighted by Gasteiger charge is 2.07. The molecule has 90 valence electrons. The number of halogens is 2. The molecule has 2 aromatic rings. The molecule has 0 atom stereocenters. The van der Waals surface area contributed by atoms with E-state index in [0.29, 0.717) is 0 Å². The molecule has 0 bridgehead atoms. The predicted molar refractivity (Wildman–Crippen MR) is 78.2 cm³/mol. The number of thiazole rings is 1. The summed E-state index contributed by atoms with van der Waals surface area (Å²) in [6.45, 7) is 0. The third-order valence-corrected chi connectivity index (χ3v) is 4.53. The first-order valence-corrected chi connectivity index (χ1v) is 7.25. The van der Waals surface area contributed by atoms with Crippen molar-refractivity contribution in [2.75, 3.05) is 12.4 Å². The maximum Gasteiger partial charge on any atom is 0.183 e. The van der Waals surface area contributed by atoms with Crippen molar-refractivity contribution < 1.29 is 0 Å². The Kier molecular flexibility index (Phi) is 4.42. The van der Waals surface area contributed by atoms with Gasteiger partial charge in [-0.2, -0.15) is 0 Å². The van der Waals surface area contributed by atoms with E-state index in [1.165, 1.54) is 5.56 Å². The van der Waals surface area contributed by atoms with Crippen LogP contribution in [0.5, 0.6) is 0 Å². The molecule has 2 nitrogen and oxygen atoms in total. The van der Waals surface area contributed by atoms with Gasteiger partial charge in [0.15, 0.2) is 5.13 Å². The molecule has 0 amide bonds. The van der Waals surface area contributed by atoms with Crippen LogP contribution >= 0.6 is 38.9 Å². The quantitative estimate of drug-likeness (QED) is 0.899. The van der Waals surface area contributed by atoms with Crippen LogP contribution in [0.4, 0.5) is 5.13 Å². The first-order valence-electron chi connectivity index (χ1n) is 5.26. The second kappa shape index (κ2) is 5.85. The van der Waals surface area contributed by atoms with E-state index in [-0.39, 0.29) is 0 Å². The summed E-state index contributed by atoms with van der Waals surface area (Å²) < 4.78 is 1.11. The predicted octanol–water partition coefficient (Wildman–Crippen LogP) is 4.39. The number of rotatable bonds is 4. The minimum atomic E-state index is 0.779. The summed E-state index contributed by atoms with van der Waals surface area (Å²) in [5.74, 6) is 0. The molecule has 1 aromatic carbocycles. The van der Waals surface area contributed by atoms with Crippen LogP contribution in [0.25, 0.3) is 0 Å².